The maximum atomic E-state index is 11.7. The van der Waals surface area contributed by atoms with Gasteiger partial charge >= 0.3 is 0 Å². The van der Waals surface area contributed by atoms with Crippen molar-refractivity contribution in [2.45, 2.75) is 72.1 Å². The molecule has 0 aromatic heterocycles. The zero-order valence-electron chi connectivity index (χ0n) is 16.2. The number of urea groups is 1. The molecule has 139 valence electrons. The van der Waals surface area contributed by atoms with E-state index in [1.54, 1.807) is 20.8 Å². The molecule has 7 heteroatoms. The van der Waals surface area contributed by atoms with Crippen molar-refractivity contribution in [1.29, 1.82) is 0 Å². The Hall–Kier alpha value is -0.0361. The van der Waals surface area contributed by atoms with Crippen LogP contribution in [-0.2, 0) is 37.5 Å². The number of hydrogen-bond donors (Lipinski definition) is 2. The molecular formula is C17H32N2O4Y-2. The predicted octanol–water partition coefficient (Wildman–Crippen LogP) is 2.69. The van der Waals surface area contributed by atoms with Gasteiger partial charge in [-0.1, -0.05) is 41.7 Å². The summed E-state index contributed by atoms with van der Waals surface area (Å²) in [6.45, 7) is 12.8. The molecular weight excluding hydrogens is 385 g/mol. The summed E-state index contributed by atoms with van der Waals surface area (Å²) in [5.41, 5.74) is -2.08. The van der Waals surface area contributed by atoms with E-state index in [4.69, 9.17) is 0 Å². The number of carbonyl (C=O) groups excluding carboxylic acids is 2. The Morgan fingerprint density at radius 2 is 1.50 bits per heavy atom. The van der Waals surface area contributed by atoms with Crippen LogP contribution in [0.25, 0.3) is 5.32 Å². The first kappa shape index (κ1) is 26.2. The summed E-state index contributed by atoms with van der Waals surface area (Å²) in [6.07, 6.45) is 2.03. The molecule has 6 nitrogen and oxygen atoms in total. The molecule has 0 aliphatic carbocycles. The van der Waals surface area contributed by atoms with Gasteiger partial charge < -0.3 is 30.0 Å². The fourth-order valence-corrected chi connectivity index (χ4v) is 2.41. The smallest absolute Gasteiger partial charge is 0.0668 e. The maximum Gasteiger partial charge on any atom is 0.0668 e. The molecule has 0 rings (SSSR count). The molecule has 0 saturated heterocycles. The summed E-state index contributed by atoms with van der Waals surface area (Å²) < 4.78 is 0. The molecule has 2 N–H and O–H groups in total. The molecule has 5 atom stereocenters. The molecule has 0 fully saturated rings. The minimum Gasteiger partial charge on any atom is -0.548 e. The topological polar surface area (TPSA) is 91.9 Å². The Morgan fingerprint density at radius 1 is 1.08 bits per heavy atom. The van der Waals surface area contributed by atoms with Crippen LogP contribution in [0.1, 0.15) is 54.9 Å². The average Bonchev–Trinajstić information content (AvgIpc) is 2.45. The maximum absolute atomic E-state index is 11.7. The molecule has 0 saturated carbocycles. The van der Waals surface area contributed by atoms with Crippen LogP contribution in [0.5, 0.6) is 0 Å². The van der Waals surface area contributed by atoms with Crippen molar-refractivity contribution in [2.24, 2.45) is 17.8 Å². The van der Waals surface area contributed by atoms with Gasteiger partial charge in [0.25, 0.3) is 0 Å². The van der Waals surface area contributed by atoms with Crippen LogP contribution in [0, 0.1) is 17.8 Å². The molecule has 24 heavy (non-hydrogen) atoms. The molecule has 5 unspecified atom stereocenters. The molecule has 0 spiro atoms. The van der Waals surface area contributed by atoms with Crippen LogP contribution in [-0.4, -0.2) is 51.8 Å². The van der Waals surface area contributed by atoms with Gasteiger partial charge in [-0.2, -0.15) is 0 Å². The van der Waals surface area contributed by atoms with E-state index in [-0.39, 0.29) is 50.5 Å². The molecule has 1 radical (unpaired) electrons. The number of nitrogens with zero attached hydrogens (tertiary/aromatic N) is 2. The van der Waals surface area contributed by atoms with Crippen molar-refractivity contribution in [1.82, 2.24) is 4.90 Å². The minimum atomic E-state index is -1.24. The SMILES string of the molecule is CC(C)C(C)(O)C(C)CC(C)C(C)(O)C(C)[N-]C(=O)N(C)[C-]=O.[Y]. The van der Waals surface area contributed by atoms with Gasteiger partial charge in [0.15, 0.2) is 0 Å². The standard InChI is InChI=1S/C17H33N2O4.Y/c1-11(2)16(6,22)12(3)9-13(4)17(7,23)14(5)18-15(21)19(8)10-20;/h11-14,22-23H,9H2,1-8H3,(H,18,21);/q-1;/p-1. The van der Waals surface area contributed by atoms with Crippen LogP contribution in [0.4, 0.5) is 4.79 Å². The van der Waals surface area contributed by atoms with Gasteiger partial charge in [0.05, 0.1) is 11.2 Å². The van der Waals surface area contributed by atoms with Crippen LogP contribution >= 0.6 is 0 Å². The van der Waals surface area contributed by atoms with Crippen molar-refractivity contribution >= 4 is 12.4 Å². The molecule has 3 amide bonds. The second-order valence-electron chi connectivity index (χ2n) is 7.38. The fraction of sp³-hybridized carbons (Fsp3) is 0.882. The molecule has 0 bridgehead atoms. The van der Waals surface area contributed by atoms with Gasteiger partial charge in [0.2, 0.25) is 0 Å². The third-order valence-corrected chi connectivity index (χ3v) is 5.45. The Bertz CT molecular complexity index is 413. The van der Waals surface area contributed by atoms with Crippen molar-refractivity contribution in [3.63, 3.8) is 0 Å². The number of imide groups is 1. The van der Waals surface area contributed by atoms with E-state index >= 15 is 0 Å². The van der Waals surface area contributed by atoms with Gasteiger partial charge in [-0.05, 0) is 56.5 Å². The van der Waals surface area contributed by atoms with Gasteiger partial charge in [0.1, 0.15) is 0 Å². The fourth-order valence-electron chi connectivity index (χ4n) is 2.41. The minimum absolute atomic E-state index is 0. The van der Waals surface area contributed by atoms with E-state index in [9.17, 15) is 19.8 Å². The monoisotopic (exact) mass is 417 g/mol. The first-order chi connectivity index (χ1) is 10.3. The Labute approximate surface area is 171 Å². The zero-order chi connectivity index (χ0) is 18.6. The molecule has 0 aliphatic rings. The number of carbonyl (C=O) groups is 1. The Morgan fingerprint density at radius 3 is 1.88 bits per heavy atom. The van der Waals surface area contributed by atoms with E-state index in [1.165, 1.54) is 13.5 Å². The van der Waals surface area contributed by atoms with Crippen LogP contribution in [0.15, 0.2) is 0 Å². The van der Waals surface area contributed by atoms with Crippen molar-refractivity contribution in [2.75, 3.05) is 7.05 Å². The summed E-state index contributed by atoms with van der Waals surface area (Å²) in [5.74, 6) is -0.132. The van der Waals surface area contributed by atoms with Crippen LogP contribution < -0.4 is 0 Å². The van der Waals surface area contributed by atoms with E-state index in [0.717, 1.165) is 0 Å². The van der Waals surface area contributed by atoms with E-state index in [2.05, 4.69) is 5.32 Å². The van der Waals surface area contributed by atoms with E-state index in [1.807, 2.05) is 27.7 Å². The third-order valence-electron chi connectivity index (χ3n) is 5.45. The second-order valence-corrected chi connectivity index (χ2v) is 7.38. The largest absolute Gasteiger partial charge is 0.548 e. The summed E-state index contributed by atoms with van der Waals surface area (Å²) >= 11 is 0. The van der Waals surface area contributed by atoms with Gasteiger partial charge in [-0.3, -0.25) is 0 Å². The average molecular weight is 417 g/mol. The van der Waals surface area contributed by atoms with Crippen molar-refractivity contribution in [3.05, 3.63) is 5.32 Å². The third kappa shape index (κ3) is 6.70. The van der Waals surface area contributed by atoms with E-state index in [0.29, 0.717) is 11.3 Å². The van der Waals surface area contributed by atoms with Gasteiger partial charge in [-0.25, -0.2) is 0 Å². The molecule has 0 aromatic rings. The van der Waals surface area contributed by atoms with Crippen LogP contribution in [0.2, 0.25) is 0 Å². The molecule has 0 aromatic carbocycles. The summed E-state index contributed by atoms with van der Waals surface area (Å²) in [6, 6.07) is -1.42. The zero-order valence-corrected chi connectivity index (χ0v) is 19.0. The Kier molecular flexibility index (Phi) is 11.1. The Balaban J connectivity index is 0. The van der Waals surface area contributed by atoms with Gasteiger partial charge in [-0.15, -0.1) is 0 Å². The second kappa shape index (κ2) is 10.2. The predicted molar refractivity (Wildman–Crippen MR) is 90.7 cm³/mol. The number of amides is 3. The first-order valence-corrected chi connectivity index (χ1v) is 8.09. The first-order valence-electron chi connectivity index (χ1n) is 8.09. The molecule has 0 aliphatic heterocycles. The summed E-state index contributed by atoms with van der Waals surface area (Å²) in [7, 11) is 1.27. The normalized spacial score (nSPS) is 20.0. The quantitative estimate of drug-likeness (QED) is 0.469. The van der Waals surface area contributed by atoms with Gasteiger partial charge in [0, 0.05) is 32.7 Å². The molecule has 0 heterocycles. The van der Waals surface area contributed by atoms with E-state index < -0.39 is 23.3 Å². The van der Waals surface area contributed by atoms with Crippen molar-refractivity contribution < 1.29 is 52.5 Å². The number of aliphatic hydroxyl groups is 2. The van der Waals surface area contributed by atoms with Crippen molar-refractivity contribution in [3.8, 4) is 0 Å². The summed E-state index contributed by atoms with van der Waals surface area (Å²) in [5, 5.41) is 25.2. The summed E-state index contributed by atoms with van der Waals surface area (Å²) in [4.78, 5) is 22.8. The number of hydrogen-bond acceptors (Lipinski definition) is 4. The van der Waals surface area contributed by atoms with Crippen LogP contribution in [0.3, 0.4) is 0 Å². The number of rotatable bonds is 8.